The molecule has 0 spiro atoms. The average molecular weight is 358 g/mol. The molecule has 0 radical (unpaired) electrons. The number of nitrogens with zero attached hydrogens (tertiary/aromatic N) is 1. The van der Waals surface area contributed by atoms with Crippen molar-refractivity contribution in [2.45, 2.75) is 29.9 Å². The Kier molecular flexibility index (Phi) is 4.24. The molecule has 2 aliphatic carbocycles. The van der Waals surface area contributed by atoms with Crippen LogP contribution in [0.3, 0.4) is 0 Å². The summed E-state index contributed by atoms with van der Waals surface area (Å²) in [6.45, 7) is 0.153. The molecule has 1 aromatic rings. The summed E-state index contributed by atoms with van der Waals surface area (Å²) in [5.41, 5.74) is -0.481. The number of aliphatic hydroxyl groups is 2. The van der Waals surface area contributed by atoms with Crippen molar-refractivity contribution in [3.63, 3.8) is 0 Å². The molecule has 0 aromatic heterocycles. The number of hydrogen-bond acceptors (Lipinski definition) is 7. The Morgan fingerprint density at radius 3 is 2.54 bits per heavy atom. The summed E-state index contributed by atoms with van der Waals surface area (Å²) in [6.07, 6.45) is -0.110. The molecule has 0 aliphatic heterocycles. The highest BCUT2D eigenvalue weighted by molar-refractivity contribution is 7.89. The number of rotatable bonds is 5. The molecular formula is C14H18N2O7S. The maximum atomic E-state index is 11.3. The van der Waals surface area contributed by atoms with Gasteiger partial charge in [-0.25, -0.2) is 13.6 Å². The van der Waals surface area contributed by atoms with Crippen LogP contribution in [0.5, 0.6) is 5.75 Å². The lowest BCUT2D eigenvalue weighted by Crippen LogP contribution is -2.38. The van der Waals surface area contributed by atoms with Crippen LogP contribution in [0.4, 0.5) is 5.69 Å². The van der Waals surface area contributed by atoms with Crippen LogP contribution in [-0.4, -0.2) is 42.4 Å². The van der Waals surface area contributed by atoms with E-state index in [0.29, 0.717) is 12.8 Å². The first-order valence-electron chi connectivity index (χ1n) is 7.48. The SMILES string of the molecule is NS(=O)(=O)c1ccc(OCC2CC3CC2C(O)C3O)c([N+](=O)[O-])c1. The third kappa shape index (κ3) is 2.97. The molecular weight excluding hydrogens is 340 g/mol. The highest BCUT2D eigenvalue weighted by Gasteiger charge is 2.51. The van der Waals surface area contributed by atoms with Crippen molar-refractivity contribution in [2.24, 2.45) is 22.9 Å². The van der Waals surface area contributed by atoms with Gasteiger partial charge < -0.3 is 14.9 Å². The molecule has 3 rings (SSSR count). The largest absolute Gasteiger partial charge is 0.487 e. The van der Waals surface area contributed by atoms with Gasteiger partial charge in [-0.05, 0) is 42.7 Å². The standard InChI is InChI=1S/C14H18N2O7S/c15-24(21,22)9-1-2-12(11(5-9)16(19)20)23-6-8-3-7-4-10(8)14(18)13(7)17/h1-2,5,7-8,10,13-14,17-18H,3-4,6H2,(H2,15,21,22). The van der Waals surface area contributed by atoms with Crippen LogP contribution < -0.4 is 9.88 Å². The minimum absolute atomic E-state index is 0.00841. The number of ether oxygens (including phenoxy) is 1. The molecule has 2 bridgehead atoms. The van der Waals surface area contributed by atoms with Gasteiger partial charge in [-0.15, -0.1) is 0 Å². The van der Waals surface area contributed by atoms with E-state index in [1.807, 2.05) is 0 Å². The normalized spacial score (nSPS) is 32.0. The summed E-state index contributed by atoms with van der Waals surface area (Å²) in [5.74, 6) is -0.123. The van der Waals surface area contributed by atoms with E-state index in [1.165, 1.54) is 6.07 Å². The van der Waals surface area contributed by atoms with Gasteiger partial charge in [0.05, 0.1) is 28.6 Å². The number of nitro groups is 1. The molecule has 1 aromatic carbocycles. The first-order valence-corrected chi connectivity index (χ1v) is 9.03. The summed E-state index contributed by atoms with van der Waals surface area (Å²) in [6, 6.07) is 3.22. The first-order chi connectivity index (χ1) is 11.2. The van der Waals surface area contributed by atoms with Crippen LogP contribution in [0.25, 0.3) is 0 Å². The Bertz CT molecular complexity index is 764. The summed E-state index contributed by atoms with van der Waals surface area (Å²) < 4.78 is 28.1. The molecule has 0 amide bonds. The van der Waals surface area contributed by atoms with Crippen molar-refractivity contribution >= 4 is 15.7 Å². The van der Waals surface area contributed by atoms with Crippen molar-refractivity contribution in [2.75, 3.05) is 6.61 Å². The van der Waals surface area contributed by atoms with Gasteiger partial charge in [-0.2, -0.15) is 0 Å². The van der Waals surface area contributed by atoms with Crippen LogP contribution in [0.1, 0.15) is 12.8 Å². The van der Waals surface area contributed by atoms with Crippen LogP contribution in [0, 0.1) is 27.9 Å². The molecule has 5 atom stereocenters. The predicted molar refractivity (Wildman–Crippen MR) is 81.7 cm³/mol. The molecule has 2 saturated carbocycles. The zero-order valence-corrected chi connectivity index (χ0v) is 13.4. The minimum Gasteiger partial charge on any atom is -0.487 e. The molecule has 132 valence electrons. The van der Waals surface area contributed by atoms with E-state index < -0.39 is 32.8 Å². The lowest BCUT2D eigenvalue weighted by Gasteiger charge is -2.29. The molecule has 24 heavy (non-hydrogen) atoms. The van der Waals surface area contributed by atoms with Gasteiger partial charge in [0.25, 0.3) is 0 Å². The number of benzene rings is 1. The summed E-state index contributed by atoms with van der Waals surface area (Å²) in [5, 5.41) is 35.8. The molecule has 0 heterocycles. The monoisotopic (exact) mass is 358 g/mol. The molecule has 2 aliphatic rings. The number of aliphatic hydroxyl groups excluding tert-OH is 2. The second-order valence-corrected chi connectivity index (χ2v) is 7.94. The van der Waals surface area contributed by atoms with Crippen LogP contribution >= 0.6 is 0 Å². The maximum Gasteiger partial charge on any atom is 0.312 e. The summed E-state index contributed by atoms with van der Waals surface area (Å²) >= 11 is 0. The van der Waals surface area contributed by atoms with E-state index >= 15 is 0 Å². The van der Waals surface area contributed by atoms with E-state index in [1.54, 1.807) is 0 Å². The average Bonchev–Trinajstić information content (AvgIpc) is 3.04. The second kappa shape index (κ2) is 5.96. The molecule has 4 N–H and O–H groups in total. The van der Waals surface area contributed by atoms with E-state index in [9.17, 15) is 28.7 Å². The Hall–Kier alpha value is -1.75. The molecule has 0 saturated heterocycles. The Labute approximate surface area is 138 Å². The van der Waals surface area contributed by atoms with Gasteiger partial charge in [0.15, 0.2) is 5.75 Å². The lowest BCUT2D eigenvalue weighted by molar-refractivity contribution is -0.386. The van der Waals surface area contributed by atoms with Crippen molar-refractivity contribution < 1.29 is 28.3 Å². The zero-order valence-electron chi connectivity index (χ0n) is 12.6. The van der Waals surface area contributed by atoms with Crippen LogP contribution in [0.15, 0.2) is 23.1 Å². The third-order valence-electron chi connectivity index (χ3n) is 4.97. The number of primary sulfonamides is 1. The highest BCUT2D eigenvalue weighted by Crippen LogP contribution is 2.48. The van der Waals surface area contributed by atoms with E-state index in [0.717, 1.165) is 12.1 Å². The van der Waals surface area contributed by atoms with E-state index in [4.69, 9.17) is 9.88 Å². The predicted octanol–water partition coefficient (Wildman–Crippen LogP) is -0.00120. The van der Waals surface area contributed by atoms with Crippen molar-refractivity contribution in [3.05, 3.63) is 28.3 Å². The lowest BCUT2D eigenvalue weighted by atomic mass is 9.85. The highest BCUT2D eigenvalue weighted by atomic mass is 32.2. The minimum atomic E-state index is -4.05. The van der Waals surface area contributed by atoms with Gasteiger partial charge in [-0.1, -0.05) is 0 Å². The molecule has 2 fully saturated rings. The van der Waals surface area contributed by atoms with E-state index in [2.05, 4.69) is 0 Å². The van der Waals surface area contributed by atoms with Crippen molar-refractivity contribution in [3.8, 4) is 5.75 Å². The smallest absolute Gasteiger partial charge is 0.312 e. The number of sulfonamides is 1. The second-order valence-electron chi connectivity index (χ2n) is 6.38. The number of nitrogens with two attached hydrogens (primary N) is 1. The number of hydrogen-bond donors (Lipinski definition) is 3. The van der Waals surface area contributed by atoms with Crippen molar-refractivity contribution in [1.82, 2.24) is 0 Å². The van der Waals surface area contributed by atoms with Gasteiger partial charge in [0.1, 0.15) is 0 Å². The van der Waals surface area contributed by atoms with Crippen molar-refractivity contribution in [1.29, 1.82) is 0 Å². The fourth-order valence-electron chi connectivity index (χ4n) is 3.76. The Morgan fingerprint density at radius 1 is 1.29 bits per heavy atom. The van der Waals surface area contributed by atoms with Crippen LogP contribution in [-0.2, 0) is 10.0 Å². The molecule has 5 unspecified atom stereocenters. The Morgan fingerprint density at radius 2 is 2.00 bits per heavy atom. The summed E-state index contributed by atoms with van der Waals surface area (Å²) in [7, 11) is -4.05. The third-order valence-corrected chi connectivity index (χ3v) is 5.88. The Balaban J connectivity index is 1.75. The van der Waals surface area contributed by atoms with Gasteiger partial charge in [0, 0.05) is 6.07 Å². The zero-order chi connectivity index (χ0) is 17.6. The topological polar surface area (TPSA) is 153 Å². The quantitative estimate of drug-likeness (QED) is 0.494. The maximum absolute atomic E-state index is 11.3. The van der Waals surface area contributed by atoms with Gasteiger partial charge in [0.2, 0.25) is 10.0 Å². The van der Waals surface area contributed by atoms with Gasteiger partial charge >= 0.3 is 5.69 Å². The summed E-state index contributed by atoms with van der Waals surface area (Å²) in [4.78, 5) is 10.0. The van der Waals surface area contributed by atoms with Gasteiger partial charge in [-0.3, -0.25) is 10.1 Å². The molecule has 9 nitrogen and oxygen atoms in total. The van der Waals surface area contributed by atoms with E-state index in [-0.39, 0.29) is 35.0 Å². The van der Waals surface area contributed by atoms with Crippen LogP contribution in [0.2, 0.25) is 0 Å². The number of fused-ring (bicyclic) bond motifs is 2. The number of nitro benzene ring substituents is 1. The molecule has 10 heteroatoms. The fourth-order valence-corrected chi connectivity index (χ4v) is 4.29. The first kappa shape index (κ1) is 17.1. The fraction of sp³-hybridized carbons (Fsp3) is 0.571.